The minimum Gasteiger partial charge on any atom is -0.359 e. The maximum absolute atomic E-state index is 12.4. The fraction of sp³-hybridized carbons (Fsp3) is 0.158. The quantitative estimate of drug-likeness (QED) is 0.550. The van der Waals surface area contributed by atoms with Gasteiger partial charge in [-0.1, -0.05) is 48.3 Å². The van der Waals surface area contributed by atoms with Gasteiger partial charge in [-0.15, -0.1) is 0 Å². The Labute approximate surface area is 157 Å². The maximum atomic E-state index is 12.4. The fourth-order valence-electron chi connectivity index (χ4n) is 2.29. The molecule has 0 radical (unpaired) electrons. The zero-order valence-electron chi connectivity index (χ0n) is 13.9. The van der Waals surface area contributed by atoms with E-state index in [1.165, 1.54) is 6.20 Å². The summed E-state index contributed by atoms with van der Waals surface area (Å²) in [4.78, 5) is 12.4. The lowest BCUT2D eigenvalue weighted by Crippen LogP contribution is -2.16. The van der Waals surface area contributed by atoms with Crippen LogP contribution in [0.3, 0.4) is 0 Å². The van der Waals surface area contributed by atoms with Crippen LogP contribution in [0.15, 0.2) is 48.2 Å². The zero-order chi connectivity index (χ0) is 18.4. The van der Waals surface area contributed by atoms with Gasteiger partial charge in [-0.25, -0.2) is 0 Å². The van der Waals surface area contributed by atoms with E-state index in [1.54, 1.807) is 18.2 Å². The number of nitrogens with one attached hydrogen (secondary N) is 2. The van der Waals surface area contributed by atoms with Crippen LogP contribution < -0.4 is 10.6 Å². The summed E-state index contributed by atoms with van der Waals surface area (Å²) in [6, 6.07) is 12.6. The molecular formula is C19H17Cl2N3O. The molecule has 0 bridgehead atoms. The monoisotopic (exact) mass is 373 g/mol. The molecule has 0 aliphatic rings. The molecular weight excluding hydrogens is 357 g/mol. The molecule has 25 heavy (non-hydrogen) atoms. The molecule has 128 valence electrons. The van der Waals surface area contributed by atoms with Crippen molar-refractivity contribution in [2.24, 2.45) is 0 Å². The molecule has 4 nitrogen and oxygen atoms in total. The van der Waals surface area contributed by atoms with Gasteiger partial charge < -0.3 is 10.6 Å². The van der Waals surface area contributed by atoms with Crippen molar-refractivity contribution in [2.45, 2.75) is 20.3 Å². The first-order valence-electron chi connectivity index (χ1n) is 7.68. The molecule has 0 heterocycles. The van der Waals surface area contributed by atoms with Crippen molar-refractivity contribution in [3.05, 3.63) is 69.3 Å². The second-order valence-corrected chi connectivity index (χ2v) is 6.20. The van der Waals surface area contributed by atoms with Crippen molar-refractivity contribution in [1.29, 1.82) is 5.26 Å². The van der Waals surface area contributed by atoms with Gasteiger partial charge in [-0.3, -0.25) is 4.79 Å². The number of carbonyl (C=O) groups excluding carboxylic acids is 1. The number of nitriles is 1. The Morgan fingerprint density at radius 1 is 1.28 bits per heavy atom. The first kappa shape index (κ1) is 18.9. The third-order valence-electron chi connectivity index (χ3n) is 3.64. The van der Waals surface area contributed by atoms with E-state index in [0.717, 1.165) is 23.2 Å². The van der Waals surface area contributed by atoms with Crippen molar-refractivity contribution in [2.75, 3.05) is 10.6 Å². The van der Waals surface area contributed by atoms with E-state index >= 15 is 0 Å². The SMILES string of the molecule is CCc1cccc(C)c1NC(=O)/C(C#N)=C\Nc1cc(Cl)ccc1Cl. The summed E-state index contributed by atoms with van der Waals surface area (Å²) in [5.74, 6) is -0.489. The molecule has 0 aromatic heterocycles. The molecule has 2 aromatic carbocycles. The van der Waals surface area contributed by atoms with Crippen LogP contribution in [0, 0.1) is 18.3 Å². The highest BCUT2D eigenvalue weighted by molar-refractivity contribution is 6.35. The van der Waals surface area contributed by atoms with Crippen molar-refractivity contribution >= 4 is 40.5 Å². The maximum Gasteiger partial charge on any atom is 0.267 e. The summed E-state index contributed by atoms with van der Waals surface area (Å²) >= 11 is 12.0. The van der Waals surface area contributed by atoms with Gasteiger partial charge in [0.2, 0.25) is 0 Å². The Morgan fingerprint density at radius 2 is 2.04 bits per heavy atom. The van der Waals surface area contributed by atoms with Gasteiger partial charge in [0.15, 0.2) is 0 Å². The van der Waals surface area contributed by atoms with E-state index in [1.807, 2.05) is 38.1 Å². The number of anilines is 2. The molecule has 0 saturated carbocycles. The lowest BCUT2D eigenvalue weighted by Gasteiger charge is -2.12. The molecule has 0 atom stereocenters. The predicted octanol–water partition coefficient (Wildman–Crippen LogP) is 5.32. The van der Waals surface area contributed by atoms with Gasteiger partial charge in [0.05, 0.1) is 10.7 Å². The molecule has 6 heteroatoms. The minimum atomic E-state index is -0.489. The lowest BCUT2D eigenvalue weighted by atomic mass is 10.1. The van der Waals surface area contributed by atoms with E-state index in [9.17, 15) is 10.1 Å². The summed E-state index contributed by atoms with van der Waals surface area (Å²) in [6.07, 6.45) is 2.09. The highest BCUT2D eigenvalue weighted by Crippen LogP contribution is 2.26. The number of carbonyl (C=O) groups is 1. The molecule has 0 aliphatic carbocycles. The van der Waals surface area contributed by atoms with Crippen molar-refractivity contribution in [3.8, 4) is 6.07 Å². The number of hydrogen-bond donors (Lipinski definition) is 2. The third-order valence-corrected chi connectivity index (χ3v) is 4.21. The number of benzene rings is 2. The van der Waals surface area contributed by atoms with Crippen LogP contribution in [-0.4, -0.2) is 5.91 Å². The van der Waals surface area contributed by atoms with Crippen LogP contribution in [-0.2, 0) is 11.2 Å². The lowest BCUT2D eigenvalue weighted by molar-refractivity contribution is -0.112. The van der Waals surface area contributed by atoms with Gasteiger partial charge >= 0.3 is 0 Å². The summed E-state index contributed by atoms with van der Waals surface area (Å²) in [5.41, 5.74) is 3.13. The van der Waals surface area contributed by atoms with E-state index in [2.05, 4.69) is 10.6 Å². The molecule has 0 unspecified atom stereocenters. The van der Waals surface area contributed by atoms with Crippen LogP contribution in [0.1, 0.15) is 18.1 Å². The molecule has 0 aliphatic heterocycles. The van der Waals surface area contributed by atoms with Gasteiger partial charge in [-0.2, -0.15) is 5.26 Å². The van der Waals surface area contributed by atoms with Crippen molar-refractivity contribution in [3.63, 3.8) is 0 Å². The number of aryl methyl sites for hydroxylation is 2. The highest BCUT2D eigenvalue weighted by Gasteiger charge is 2.13. The number of amides is 1. The van der Waals surface area contributed by atoms with Gasteiger partial charge in [0.1, 0.15) is 11.6 Å². The van der Waals surface area contributed by atoms with Gasteiger partial charge in [0.25, 0.3) is 5.91 Å². The Hall–Kier alpha value is -2.48. The first-order valence-corrected chi connectivity index (χ1v) is 8.43. The Morgan fingerprint density at radius 3 is 2.72 bits per heavy atom. The number of para-hydroxylation sites is 1. The molecule has 0 saturated heterocycles. The van der Waals surface area contributed by atoms with Crippen LogP contribution in [0.4, 0.5) is 11.4 Å². The van der Waals surface area contributed by atoms with E-state index in [0.29, 0.717) is 15.7 Å². The highest BCUT2D eigenvalue weighted by atomic mass is 35.5. The molecule has 0 fully saturated rings. The van der Waals surface area contributed by atoms with Crippen LogP contribution in [0.5, 0.6) is 0 Å². The number of nitrogens with zero attached hydrogens (tertiary/aromatic N) is 1. The average molecular weight is 374 g/mol. The second kappa shape index (κ2) is 8.57. The van der Waals surface area contributed by atoms with Crippen molar-refractivity contribution in [1.82, 2.24) is 0 Å². The largest absolute Gasteiger partial charge is 0.359 e. The fourth-order valence-corrected chi connectivity index (χ4v) is 2.63. The Kier molecular flexibility index (Phi) is 6.46. The summed E-state index contributed by atoms with van der Waals surface area (Å²) in [5, 5.41) is 15.9. The molecule has 2 N–H and O–H groups in total. The first-order chi connectivity index (χ1) is 12.0. The standard InChI is InChI=1S/C19H17Cl2N3O/c1-3-13-6-4-5-12(2)18(13)24-19(25)14(10-22)11-23-17-9-15(20)7-8-16(17)21/h4-9,11,23H,3H2,1-2H3,(H,24,25)/b14-11-. The molecule has 0 spiro atoms. The molecule has 2 rings (SSSR count). The Balaban J connectivity index is 2.22. The summed E-state index contributed by atoms with van der Waals surface area (Å²) < 4.78 is 0. The van der Waals surface area contributed by atoms with E-state index in [4.69, 9.17) is 23.2 Å². The normalized spacial score (nSPS) is 10.9. The molecule has 2 aromatic rings. The van der Waals surface area contributed by atoms with Gasteiger partial charge in [0, 0.05) is 16.9 Å². The van der Waals surface area contributed by atoms with Crippen LogP contribution in [0.25, 0.3) is 0 Å². The number of rotatable bonds is 5. The smallest absolute Gasteiger partial charge is 0.267 e. The zero-order valence-corrected chi connectivity index (χ0v) is 15.4. The number of halogens is 2. The summed E-state index contributed by atoms with van der Waals surface area (Å²) in [6.45, 7) is 3.92. The topological polar surface area (TPSA) is 64.9 Å². The minimum absolute atomic E-state index is 0.0682. The van der Waals surface area contributed by atoms with E-state index < -0.39 is 5.91 Å². The average Bonchev–Trinajstić information content (AvgIpc) is 2.60. The van der Waals surface area contributed by atoms with Gasteiger partial charge in [-0.05, 0) is 42.7 Å². The number of hydrogen-bond acceptors (Lipinski definition) is 3. The van der Waals surface area contributed by atoms with Crippen LogP contribution in [0.2, 0.25) is 10.0 Å². The van der Waals surface area contributed by atoms with Crippen LogP contribution >= 0.6 is 23.2 Å². The van der Waals surface area contributed by atoms with Crippen molar-refractivity contribution < 1.29 is 4.79 Å². The third kappa shape index (κ3) is 4.76. The Bertz CT molecular complexity index is 869. The summed E-state index contributed by atoms with van der Waals surface area (Å²) in [7, 11) is 0. The van der Waals surface area contributed by atoms with E-state index in [-0.39, 0.29) is 5.57 Å². The predicted molar refractivity (Wildman–Crippen MR) is 103 cm³/mol. The molecule has 1 amide bonds. The second-order valence-electron chi connectivity index (χ2n) is 5.36.